The normalized spacial score (nSPS) is 11.5. The van der Waals surface area contributed by atoms with Gasteiger partial charge in [-0.2, -0.15) is 12.7 Å². The van der Waals surface area contributed by atoms with Gasteiger partial charge >= 0.3 is 16.2 Å². The van der Waals surface area contributed by atoms with E-state index in [4.69, 9.17) is 5.11 Å². The molecule has 0 unspecified atom stereocenters. The first-order valence-corrected chi connectivity index (χ1v) is 6.26. The van der Waals surface area contributed by atoms with E-state index in [1.54, 1.807) is 12.1 Å². The van der Waals surface area contributed by atoms with Gasteiger partial charge in [-0.25, -0.2) is 0 Å². The Balaban J connectivity index is 2.79. The van der Waals surface area contributed by atoms with Gasteiger partial charge in [-0.1, -0.05) is 12.1 Å². The molecule has 0 bridgehead atoms. The van der Waals surface area contributed by atoms with Gasteiger partial charge < -0.3 is 5.11 Å². The minimum Gasteiger partial charge on any atom is -0.481 e. The van der Waals surface area contributed by atoms with Crippen molar-refractivity contribution in [1.82, 2.24) is 4.31 Å². The summed E-state index contributed by atoms with van der Waals surface area (Å²) < 4.78 is 26.4. The summed E-state index contributed by atoms with van der Waals surface area (Å²) >= 11 is 0. The van der Waals surface area contributed by atoms with Crippen LogP contribution < -0.4 is 4.72 Å². The maximum Gasteiger partial charge on any atom is 0.307 e. The van der Waals surface area contributed by atoms with Crippen LogP contribution in [0.1, 0.15) is 5.56 Å². The number of anilines is 1. The molecule has 94 valence electrons. The molecule has 0 radical (unpaired) electrons. The van der Waals surface area contributed by atoms with Crippen LogP contribution in [-0.2, 0) is 21.4 Å². The summed E-state index contributed by atoms with van der Waals surface area (Å²) in [5, 5.41) is 8.58. The van der Waals surface area contributed by atoms with Gasteiger partial charge in [0.15, 0.2) is 0 Å². The zero-order valence-corrected chi connectivity index (χ0v) is 10.4. The van der Waals surface area contributed by atoms with Crippen LogP contribution in [-0.4, -0.2) is 37.9 Å². The standard InChI is InChI=1S/C10H14N2O4S/c1-12(2)17(15,16)11-9-5-3-8(4-6-9)7-10(13)14/h3-6,11H,7H2,1-2H3,(H,13,14). The second kappa shape index (κ2) is 5.15. The van der Waals surface area contributed by atoms with Gasteiger partial charge in [0.2, 0.25) is 0 Å². The van der Waals surface area contributed by atoms with Crippen molar-refractivity contribution >= 4 is 21.9 Å². The lowest BCUT2D eigenvalue weighted by atomic mass is 10.1. The number of rotatable bonds is 5. The number of hydrogen-bond donors (Lipinski definition) is 2. The summed E-state index contributed by atoms with van der Waals surface area (Å²) in [5.41, 5.74) is 1.01. The lowest BCUT2D eigenvalue weighted by molar-refractivity contribution is -0.136. The summed E-state index contributed by atoms with van der Waals surface area (Å²) in [6, 6.07) is 6.20. The average molecular weight is 258 g/mol. The minimum absolute atomic E-state index is 0.0826. The number of nitrogens with zero attached hydrogens (tertiary/aromatic N) is 1. The Morgan fingerprint density at radius 1 is 1.29 bits per heavy atom. The van der Waals surface area contributed by atoms with Gasteiger partial charge in [-0.3, -0.25) is 9.52 Å². The van der Waals surface area contributed by atoms with E-state index in [2.05, 4.69) is 4.72 Å². The highest BCUT2D eigenvalue weighted by atomic mass is 32.2. The molecular weight excluding hydrogens is 244 g/mol. The molecule has 2 N–H and O–H groups in total. The molecule has 0 aromatic heterocycles. The molecule has 0 atom stereocenters. The van der Waals surface area contributed by atoms with E-state index in [9.17, 15) is 13.2 Å². The smallest absolute Gasteiger partial charge is 0.307 e. The molecule has 0 saturated heterocycles. The highest BCUT2D eigenvalue weighted by Crippen LogP contribution is 2.12. The summed E-state index contributed by atoms with van der Waals surface area (Å²) in [6.07, 6.45) is -0.0826. The van der Waals surface area contributed by atoms with E-state index >= 15 is 0 Å². The number of nitrogens with one attached hydrogen (secondary N) is 1. The van der Waals surface area contributed by atoms with Crippen LogP contribution in [0.15, 0.2) is 24.3 Å². The van der Waals surface area contributed by atoms with Gasteiger partial charge in [-0.15, -0.1) is 0 Å². The van der Waals surface area contributed by atoms with E-state index in [-0.39, 0.29) is 6.42 Å². The predicted octanol–water partition coefficient (Wildman–Crippen LogP) is 0.532. The molecule has 0 aliphatic heterocycles. The molecule has 6 nitrogen and oxygen atoms in total. The van der Waals surface area contributed by atoms with E-state index in [0.29, 0.717) is 11.3 Å². The zero-order chi connectivity index (χ0) is 13.1. The zero-order valence-electron chi connectivity index (χ0n) is 9.54. The lowest BCUT2D eigenvalue weighted by Gasteiger charge is -2.13. The van der Waals surface area contributed by atoms with Gasteiger partial charge in [0.25, 0.3) is 0 Å². The van der Waals surface area contributed by atoms with E-state index < -0.39 is 16.2 Å². The molecule has 0 aliphatic rings. The summed E-state index contributed by atoms with van der Waals surface area (Å²) in [5.74, 6) is -0.924. The molecule has 1 aromatic rings. The summed E-state index contributed by atoms with van der Waals surface area (Å²) in [6.45, 7) is 0. The van der Waals surface area contributed by atoms with Crippen LogP contribution in [0, 0.1) is 0 Å². The first-order chi connectivity index (χ1) is 7.81. The predicted molar refractivity (Wildman–Crippen MR) is 64.0 cm³/mol. The molecule has 1 aromatic carbocycles. The second-order valence-corrected chi connectivity index (χ2v) is 5.54. The first kappa shape index (κ1) is 13.5. The Labute approximate surface area is 100 Å². The van der Waals surface area contributed by atoms with Crippen LogP contribution in [0.3, 0.4) is 0 Å². The Bertz CT molecular complexity index is 494. The summed E-state index contributed by atoms with van der Waals surface area (Å²) in [7, 11) is -0.685. The third kappa shape index (κ3) is 4.04. The molecule has 0 heterocycles. The SMILES string of the molecule is CN(C)S(=O)(=O)Nc1ccc(CC(=O)O)cc1. The number of carboxylic acids is 1. The third-order valence-electron chi connectivity index (χ3n) is 2.04. The fourth-order valence-corrected chi connectivity index (χ4v) is 1.72. The molecule has 0 fully saturated rings. The number of aliphatic carboxylic acids is 1. The quantitative estimate of drug-likeness (QED) is 0.806. The first-order valence-electron chi connectivity index (χ1n) is 4.82. The third-order valence-corrected chi connectivity index (χ3v) is 3.49. The number of benzene rings is 1. The number of carboxylic acid groups (broad SMARTS) is 1. The fourth-order valence-electron chi connectivity index (χ4n) is 1.11. The highest BCUT2D eigenvalue weighted by molar-refractivity contribution is 7.90. The van der Waals surface area contributed by atoms with Crippen LogP contribution in [0.25, 0.3) is 0 Å². The minimum atomic E-state index is -3.52. The Hall–Kier alpha value is -1.60. The van der Waals surface area contributed by atoms with Gasteiger partial charge in [-0.05, 0) is 17.7 Å². The van der Waals surface area contributed by atoms with Crippen molar-refractivity contribution in [3.8, 4) is 0 Å². The monoisotopic (exact) mass is 258 g/mol. The van der Waals surface area contributed by atoms with Crippen molar-refractivity contribution < 1.29 is 18.3 Å². The van der Waals surface area contributed by atoms with Crippen molar-refractivity contribution in [3.05, 3.63) is 29.8 Å². The topological polar surface area (TPSA) is 86.7 Å². The van der Waals surface area contributed by atoms with E-state index in [1.807, 2.05) is 0 Å². The second-order valence-electron chi connectivity index (χ2n) is 3.66. The van der Waals surface area contributed by atoms with Gasteiger partial charge in [0.05, 0.1) is 6.42 Å². The van der Waals surface area contributed by atoms with Crippen LogP contribution in [0.2, 0.25) is 0 Å². The number of carbonyl (C=O) groups is 1. The van der Waals surface area contributed by atoms with Crippen molar-refractivity contribution in [2.75, 3.05) is 18.8 Å². The number of hydrogen-bond acceptors (Lipinski definition) is 3. The highest BCUT2D eigenvalue weighted by Gasteiger charge is 2.12. The molecule has 0 saturated carbocycles. The molecular formula is C10H14N2O4S. The molecule has 7 heteroatoms. The van der Waals surface area contributed by atoms with E-state index in [0.717, 1.165) is 4.31 Å². The fraction of sp³-hybridized carbons (Fsp3) is 0.300. The Kier molecular flexibility index (Phi) is 4.08. The van der Waals surface area contributed by atoms with Crippen molar-refractivity contribution in [3.63, 3.8) is 0 Å². The van der Waals surface area contributed by atoms with Crippen LogP contribution in [0.5, 0.6) is 0 Å². The van der Waals surface area contributed by atoms with Crippen molar-refractivity contribution in [1.29, 1.82) is 0 Å². The molecule has 1 rings (SSSR count). The average Bonchev–Trinajstić information content (AvgIpc) is 2.19. The van der Waals surface area contributed by atoms with Gasteiger partial charge in [0.1, 0.15) is 0 Å². The Morgan fingerprint density at radius 2 is 1.82 bits per heavy atom. The van der Waals surface area contributed by atoms with Crippen LogP contribution >= 0.6 is 0 Å². The maximum atomic E-state index is 11.5. The Morgan fingerprint density at radius 3 is 2.24 bits per heavy atom. The van der Waals surface area contributed by atoms with Crippen molar-refractivity contribution in [2.45, 2.75) is 6.42 Å². The van der Waals surface area contributed by atoms with Crippen LogP contribution in [0.4, 0.5) is 5.69 Å². The molecule has 0 aliphatic carbocycles. The molecule has 0 spiro atoms. The molecule has 17 heavy (non-hydrogen) atoms. The maximum absolute atomic E-state index is 11.5. The largest absolute Gasteiger partial charge is 0.481 e. The van der Waals surface area contributed by atoms with E-state index in [1.165, 1.54) is 26.2 Å². The lowest BCUT2D eigenvalue weighted by Crippen LogP contribution is -2.28. The summed E-state index contributed by atoms with van der Waals surface area (Å²) in [4.78, 5) is 10.5. The van der Waals surface area contributed by atoms with Gasteiger partial charge in [0, 0.05) is 19.8 Å². The molecule has 0 amide bonds. The van der Waals surface area contributed by atoms with Crippen molar-refractivity contribution in [2.24, 2.45) is 0 Å².